The second-order valence-electron chi connectivity index (χ2n) is 4.85. The first-order valence-electron chi connectivity index (χ1n) is 7.05. The molecule has 0 saturated heterocycles. The van der Waals surface area contributed by atoms with Gasteiger partial charge in [0, 0.05) is 0 Å². The van der Waals surface area contributed by atoms with E-state index in [1.54, 1.807) is 6.07 Å². The summed E-state index contributed by atoms with van der Waals surface area (Å²) in [6, 6.07) is 10.3. The standard InChI is InChI=1S/C17H14ClNO5/c1-21-14-8-10(7-11(18)16(14)22-2)17(20)23-9-15-19-12-5-3-4-6-13(12)24-15/h3-8H,9H2,1-2H3. The molecule has 3 rings (SSSR count). The highest BCUT2D eigenvalue weighted by Crippen LogP contribution is 2.36. The molecule has 0 N–H and O–H groups in total. The van der Waals surface area contributed by atoms with E-state index >= 15 is 0 Å². The van der Waals surface area contributed by atoms with Crippen molar-refractivity contribution in [1.29, 1.82) is 0 Å². The number of benzene rings is 2. The van der Waals surface area contributed by atoms with Gasteiger partial charge in [-0.25, -0.2) is 9.78 Å². The lowest BCUT2D eigenvalue weighted by Gasteiger charge is -2.11. The number of ether oxygens (including phenoxy) is 3. The monoisotopic (exact) mass is 347 g/mol. The van der Waals surface area contributed by atoms with Crippen molar-refractivity contribution in [2.45, 2.75) is 6.61 Å². The van der Waals surface area contributed by atoms with Crippen LogP contribution in [0.5, 0.6) is 11.5 Å². The molecule has 0 amide bonds. The fourth-order valence-corrected chi connectivity index (χ4v) is 2.52. The number of hydrogen-bond acceptors (Lipinski definition) is 6. The molecular weight excluding hydrogens is 334 g/mol. The van der Waals surface area contributed by atoms with Crippen molar-refractivity contribution in [3.05, 3.63) is 52.9 Å². The summed E-state index contributed by atoms with van der Waals surface area (Å²) < 4.78 is 21.0. The summed E-state index contributed by atoms with van der Waals surface area (Å²) in [7, 11) is 2.93. The van der Waals surface area contributed by atoms with Gasteiger partial charge in [-0.1, -0.05) is 23.7 Å². The minimum absolute atomic E-state index is 0.0839. The summed E-state index contributed by atoms with van der Waals surface area (Å²) in [4.78, 5) is 16.4. The van der Waals surface area contributed by atoms with Gasteiger partial charge in [-0.05, 0) is 24.3 Å². The molecule has 2 aromatic carbocycles. The van der Waals surface area contributed by atoms with Crippen molar-refractivity contribution < 1.29 is 23.4 Å². The third-order valence-electron chi connectivity index (χ3n) is 3.33. The Morgan fingerprint density at radius 2 is 2.00 bits per heavy atom. The van der Waals surface area contributed by atoms with Crippen LogP contribution in [0.25, 0.3) is 11.1 Å². The first kappa shape index (κ1) is 16.1. The largest absolute Gasteiger partial charge is 0.493 e. The molecule has 0 aliphatic carbocycles. The molecule has 0 saturated carbocycles. The Kier molecular flexibility index (Phi) is 4.57. The van der Waals surface area contributed by atoms with E-state index in [1.807, 2.05) is 18.2 Å². The van der Waals surface area contributed by atoms with Crippen LogP contribution in [0.2, 0.25) is 5.02 Å². The number of hydrogen-bond donors (Lipinski definition) is 0. The van der Waals surface area contributed by atoms with Crippen molar-refractivity contribution in [1.82, 2.24) is 4.98 Å². The predicted octanol–water partition coefficient (Wildman–Crippen LogP) is 3.86. The molecule has 0 aliphatic rings. The van der Waals surface area contributed by atoms with E-state index in [-0.39, 0.29) is 17.2 Å². The number of carbonyl (C=O) groups is 1. The molecule has 0 radical (unpaired) electrons. The predicted molar refractivity (Wildman–Crippen MR) is 87.7 cm³/mol. The summed E-state index contributed by atoms with van der Waals surface area (Å²) in [5.74, 6) is 0.449. The summed E-state index contributed by atoms with van der Waals surface area (Å²) in [6.45, 7) is -0.0839. The fourth-order valence-electron chi connectivity index (χ4n) is 2.23. The quantitative estimate of drug-likeness (QED) is 0.653. The average molecular weight is 348 g/mol. The minimum atomic E-state index is -0.569. The topological polar surface area (TPSA) is 70.8 Å². The van der Waals surface area contributed by atoms with Crippen molar-refractivity contribution in [2.75, 3.05) is 14.2 Å². The molecule has 1 heterocycles. The van der Waals surface area contributed by atoms with E-state index in [2.05, 4.69) is 4.98 Å². The number of esters is 1. The molecule has 24 heavy (non-hydrogen) atoms. The van der Waals surface area contributed by atoms with Crippen LogP contribution in [-0.4, -0.2) is 25.2 Å². The zero-order chi connectivity index (χ0) is 17.1. The zero-order valence-corrected chi connectivity index (χ0v) is 13.8. The Morgan fingerprint density at radius 1 is 1.21 bits per heavy atom. The van der Waals surface area contributed by atoms with Gasteiger partial charge < -0.3 is 18.6 Å². The maximum Gasteiger partial charge on any atom is 0.338 e. The summed E-state index contributed by atoms with van der Waals surface area (Å²) >= 11 is 6.08. The van der Waals surface area contributed by atoms with E-state index in [9.17, 15) is 4.79 Å². The van der Waals surface area contributed by atoms with Crippen LogP contribution in [0.3, 0.4) is 0 Å². The summed E-state index contributed by atoms with van der Waals surface area (Å²) in [5, 5.41) is 0.255. The van der Waals surface area contributed by atoms with Crippen molar-refractivity contribution in [2.24, 2.45) is 0 Å². The minimum Gasteiger partial charge on any atom is -0.493 e. The molecular formula is C17H14ClNO5. The van der Waals surface area contributed by atoms with E-state index in [0.717, 1.165) is 0 Å². The van der Waals surface area contributed by atoms with Crippen molar-refractivity contribution in [3.63, 3.8) is 0 Å². The van der Waals surface area contributed by atoms with E-state index in [0.29, 0.717) is 28.5 Å². The number of nitrogens with zero attached hydrogens (tertiary/aromatic N) is 1. The van der Waals surface area contributed by atoms with E-state index in [4.69, 9.17) is 30.2 Å². The Hall–Kier alpha value is -2.73. The smallest absolute Gasteiger partial charge is 0.338 e. The molecule has 0 unspecified atom stereocenters. The molecule has 6 nitrogen and oxygen atoms in total. The van der Waals surface area contributed by atoms with Gasteiger partial charge >= 0.3 is 5.97 Å². The molecule has 0 bridgehead atoms. The van der Waals surface area contributed by atoms with E-state index < -0.39 is 5.97 Å². The first-order valence-corrected chi connectivity index (χ1v) is 7.43. The van der Waals surface area contributed by atoms with Gasteiger partial charge in [0.15, 0.2) is 23.7 Å². The van der Waals surface area contributed by atoms with Crippen LogP contribution >= 0.6 is 11.6 Å². The number of aromatic nitrogens is 1. The third-order valence-corrected chi connectivity index (χ3v) is 3.61. The van der Waals surface area contributed by atoms with E-state index in [1.165, 1.54) is 26.4 Å². The number of rotatable bonds is 5. The Morgan fingerprint density at radius 3 is 2.71 bits per heavy atom. The van der Waals surface area contributed by atoms with Crippen LogP contribution in [0, 0.1) is 0 Å². The van der Waals surface area contributed by atoms with Crippen LogP contribution in [0.4, 0.5) is 0 Å². The zero-order valence-electron chi connectivity index (χ0n) is 13.0. The molecule has 3 aromatic rings. The molecule has 0 fully saturated rings. The second-order valence-corrected chi connectivity index (χ2v) is 5.25. The fraction of sp³-hybridized carbons (Fsp3) is 0.176. The lowest BCUT2D eigenvalue weighted by atomic mass is 10.2. The highest BCUT2D eigenvalue weighted by atomic mass is 35.5. The number of fused-ring (bicyclic) bond motifs is 1. The highest BCUT2D eigenvalue weighted by Gasteiger charge is 2.17. The SMILES string of the molecule is COc1cc(C(=O)OCc2nc3ccccc3o2)cc(Cl)c1OC. The van der Waals surface area contributed by atoms with Crippen LogP contribution < -0.4 is 9.47 Å². The molecule has 1 aromatic heterocycles. The normalized spacial score (nSPS) is 10.6. The van der Waals surface area contributed by atoms with Gasteiger partial charge in [-0.15, -0.1) is 0 Å². The Balaban J connectivity index is 1.76. The lowest BCUT2D eigenvalue weighted by Crippen LogP contribution is -2.06. The highest BCUT2D eigenvalue weighted by molar-refractivity contribution is 6.32. The third kappa shape index (κ3) is 3.14. The first-order chi connectivity index (χ1) is 11.6. The Labute approximate surface area is 142 Å². The van der Waals surface area contributed by atoms with Gasteiger partial charge in [0.1, 0.15) is 5.52 Å². The van der Waals surface area contributed by atoms with Gasteiger partial charge in [0.25, 0.3) is 0 Å². The molecule has 0 spiro atoms. The Bertz CT molecular complexity index is 857. The maximum absolute atomic E-state index is 12.2. The average Bonchev–Trinajstić information content (AvgIpc) is 3.01. The summed E-state index contributed by atoms with van der Waals surface area (Å²) in [5.41, 5.74) is 1.59. The lowest BCUT2D eigenvalue weighted by molar-refractivity contribution is 0.0440. The molecule has 124 valence electrons. The maximum atomic E-state index is 12.2. The van der Waals surface area contributed by atoms with Gasteiger partial charge in [0.2, 0.25) is 5.89 Å². The number of carbonyl (C=O) groups excluding carboxylic acids is 1. The van der Waals surface area contributed by atoms with Crippen LogP contribution in [-0.2, 0) is 11.3 Å². The molecule has 7 heteroatoms. The van der Waals surface area contributed by atoms with Crippen molar-refractivity contribution >= 4 is 28.7 Å². The molecule has 0 aliphatic heterocycles. The van der Waals surface area contributed by atoms with Gasteiger partial charge in [-0.3, -0.25) is 0 Å². The molecule has 0 atom stereocenters. The number of halogens is 1. The van der Waals surface area contributed by atoms with Crippen molar-refractivity contribution in [3.8, 4) is 11.5 Å². The number of para-hydroxylation sites is 2. The van der Waals surface area contributed by atoms with Gasteiger partial charge in [-0.2, -0.15) is 0 Å². The number of oxazole rings is 1. The second kappa shape index (κ2) is 6.80. The van der Waals surface area contributed by atoms with Crippen LogP contribution in [0.15, 0.2) is 40.8 Å². The summed E-state index contributed by atoms with van der Waals surface area (Å²) in [6.07, 6.45) is 0. The number of methoxy groups -OCH3 is 2. The van der Waals surface area contributed by atoms with Gasteiger partial charge in [0.05, 0.1) is 24.8 Å². The van der Waals surface area contributed by atoms with Crippen LogP contribution in [0.1, 0.15) is 16.2 Å².